The lowest BCUT2D eigenvalue weighted by Gasteiger charge is -1.99. The van der Waals surface area contributed by atoms with Gasteiger partial charge in [-0.2, -0.15) is 0 Å². The molecule has 0 saturated carbocycles. The van der Waals surface area contributed by atoms with Crippen LogP contribution in [0.2, 0.25) is 0 Å². The minimum Gasteiger partial charge on any atom is -0.326 e. The summed E-state index contributed by atoms with van der Waals surface area (Å²) in [5.41, 5.74) is 0.808. The summed E-state index contributed by atoms with van der Waals surface area (Å²) in [5, 5.41) is 2.70. The monoisotopic (exact) mass is 165 g/mol. The highest BCUT2D eigenvalue weighted by molar-refractivity contribution is 5.75. The molecule has 12 heavy (non-hydrogen) atoms. The van der Waals surface area contributed by atoms with Gasteiger partial charge in [0.1, 0.15) is 0 Å². The number of amides is 1. The molecule has 2 heteroatoms. The van der Waals surface area contributed by atoms with Crippen molar-refractivity contribution in [2.24, 2.45) is 0 Å². The van der Waals surface area contributed by atoms with Crippen LogP contribution in [0, 0.1) is 0 Å². The first-order valence-corrected chi connectivity index (χ1v) is 3.94. The van der Waals surface area contributed by atoms with E-state index in [2.05, 4.69) is 5.32 Å². The van der Waals surface area contributed by atoms with Crippen LogP contribution in [0.5, 0.6) is 0 Å². The first-order valence-electron chi connectivity index (χ1n) is 3.94. The lowest BCUT2D eigenvalue weighted by molar-refractivity contribution is -0.118. The molecule has 0 unspecified atom stereocenters. The molecule has 0 aliphatic carbocycles. The van der Waals surface area contributed by atoms with Gasteiger partial charge in [0.25, 0.3) is 0 Å². The first-order chi connectivity index (χ1) is 5.70. The Kier molecular flexibility index (Phi) is 5.70. The summed E-state index contributed by atoms with van der Waals surface area (Å²) in [4.78, 5) is 10.7. The van der Waals surface area contributed by atoms with Crippen molar-refractivity contribution in [2.45, 2.75) is 20.8 Å². The van der Waals surface area contributed by atoms with E-state index < -0.39 is 0 Å². The lowest BCUT2D eigenvalue weighted by atomic mass is 10.3. The van der Waals surface area contributed by atoms with Gasteiger partial charge < -0.3 is 5.32 Å². The summed E-state index contributed by atoms with van der Waals surface area (Å²) < 4.78 is 0. The Hall–Kier alpha value is -1.31. The van der Waals surface area contributed by atoms with Gasteiger partial charge in [0, 0.05) is 12.6 Å². The van der Waals surface area contributed by atoms with Gasteiger partial charge in [0.2, 0.25) is 5.91 Å². The quantitative estimate of drug-likeness (QED) is 0.638. The molecule has 0 heterocycles. The number of carbonyl (C=O) groups is 1. The Morgan fingerprint density at radius 2 is 1.92 bits per heavy atom. The molecule has 2 nitrogen and oxygen atoms in total. The molecule has 0 aromatic heterocycles. The Morgan fingerprint density at radius 1 is 1.25 bits per heavy atom. The molecule has 0 aromatic carbocycles. The molecule has 0 fully saturated rings. The summed E-state index contributed by atoms with van der Waals surface area (Å²) in [6, 6.07) is 0. The summed E-state index contributed by atoms with van der Waals surface area (Å²) in [5.74, 6) is -0.0520. The van der Waals surface area contributed by atoms with Crippen LogP contribution in [-0.2, 0) is 4.79 Å². The predicted octanol–water partition coefficient (Wildman–Crippen LogP) is 2.16. The van der Waals surface area contributed by atoms with Gasteiger partial charge >= 0.3 is 0 Å². The molecule has 0 saturated heterocycles. The molecule has 0 radical (unpaired) electrons. The molecule has 1 N–H and O–H groups in total. The Morgan fingerprint density at radius 3 is 2.33 bits per heavy atom. The van der Waals surface area contributed by atoms with Gasteiger partial charge in [0.15, 0.2) is 0 Å². The number of carbonyl (C=O) groups excluding carboxylic acids is 1. The summed E-state index contributed by atoms with van der Waals surface area (Å²) in [7, 11) is 0. The van der Waals surface area contributed by atoms with Gasteiger partial charge in [-0.25, -0.2) is 0 Å². The third-order valence-corrected chi connectivity index (χ3v) is 1.13. The number of allylic oxidation sites excluding steroid dienone is 5. The van der Waals surface area contributed by atoms with Crippen molar-refractivity contribution in [3.05, 3.63) is 36.1 Å². The van der Waals surface area contributed by atoms with Crippen LogP contribution in [0.1, 0.15) is 20.8 Å². The van der Waals surface area contributed by atoms with Crippen molar-refractivity contribution in [1.29, 1.82) is 0 Å². The maximum Gasteiger partial charge on any atom is 0.221 e. The molecule has 0 atom stereocenters. The standard InChI is InChI=1S/C10H15NO/c1-4-6-8-10(7-5-2)11-9(3)12/h4-8H,1-3H3,(H,11,12)/b6-4+,7-5-,10-8+. The van der Waals surface area contributed by atoms with Crippen molar-refractivity contribution in [3.63, 3.8) is 0 Å². The van der Waals surface area contributed by atoms with E-state index in [1.54, 1.807) is 0 Å². The highest BCUT2D eigenvalue weighted by Crippen LogP contribution is 1.92. The minimum absolute atomic E-state index is 0.0520. The molecular weight excluding hydrogens is 150 g/mol. The van der Waals surface area contributed by atoms with Gasteiger partial charge in [-0.15, -0.1) is 0 Å². The molecule has 0 rings (SSSR count). The van der Waals surface area contributed by atoms with Gasteiger partial charge in [0.05, 0.1) is 0 Å². The van der Waals surface area contributed by atoms with Crippen LogP contribution >= 0.6 is 0 Å². The summed E-state index contributed by atoms with van der Waals surface area (Å²) in [6.07, 6.45) is 9.37. The van der Waals surface area contributed by atoms with Crippen LogP contribution in [0.15, 0.2) is 36.1 Å². The second kappa shape index (κ2) is 6.40. The average Bonchev–Trinajstić information content (AvgIpc) is 2.00. The SMILES string of the molecule is C\C=C/C(=C\C=C\C)NC(C)=O. The maximum atomic E-state index is 10.7. The molecule has 0 bridgehead atoms. The highest BCUT2D eigenvalue weighted by Gasteiger charge is 1.91. The fourth-order valence-corrected chi connectivity index (χ4v) is 0.722. The van der Waals surface area contributed by atoms with Gasteiger partial charge in [-0.05, 0) is 26.0 Å². The van der Waals surface area contributed by atoms with Gasteiger partial charge in [-0.3, -0.25) is 4.79 Å². The van der Waals surface area contributed by atoms with Crippen molar-refractivity contribution in [1.82, 2.24) is 5.32 Å². The smallest absolute Gasteiger partial charge is 0.221 e. The van der Waals surface area contributed by atoms with E-state index in [4.69, 9.17) is 0 Å². The fraction of sp³-hybridized carbons (Fsp3) is 0.300. The Bertz CT molecular complexity index is 224. The van der Waals surface area contributed by atoms with E-state index in [9.17, 15) is 4.79 Å². The number of nitrogens with one attached hydrogen (secondary N) is 1. The molecular formula is C10H15NO. The molecule has 0 spiro atoms. The van der Waals surface area contributed by atoms with Crippen molar-refractivity contribution in [3.8, 4) is 0 Å². The lowest BCUT2D eigenvalue weighted by Crippen LogP contribution is -2.17. The zero-order valence-corrected chi connectivity index (χ0v) is 7.79. The van der Waals surface area contributed by atoms with E-state index in [1.165, 1.54) is 6.92 Å². The number of hydrogen-bond donors (Lipinski definition) is 1. The second-order valence-corrected chi connectivity index (χ2v) is 2.33. The topological polar surface area (TPSA) is 29.1 Å². The second-order valence-electron chi connectivity index (χ2n) is 2.33. The zero-order chi connectivity index (χ0) is 9.40. The van der Waals surface area contributed by atoms with E-state index in [1.807, 2.05) is 44.2 Å². The van der Waals surface area contributed by atoms with E-state index >= 15 is 0 Å². The van der Waals surface area contributed by atoms with E-state index in [0.29, 0.717) is 0 Å². The maximum absolute atomic E-state index is 10.7. The largest absolute Gasteiger partial charge is 0.326 e. The van der Waals surface area contributed by atoms with Crippen molar-refractivity contribution >= 4 is 5.91 Å². The third-order valence-electron chi connectivity index (χ3n) is 1.13. The third kappa shape index (κ3) is 5.47. The first kappa shape index (κ1) is 10.7. The number of hydrogen-bond acceptors (Lipinski definition) is 1. The van der Waals surface area contributed by atoms with Crippen molar-refractivity contribution < 1.29 is 4.79 Å². The molecule has 66 valence electrons. The van der Waals surface area contributed by atoms with E-state index in [0.717, 1.165) is 5.70 Å². The van der Waals surface area contributed by atoms with Gasteiger partial charge in [-0.1, -0.05) is 18.2 Å². The number of rotatable bonds is 3. The van der Waals surface area contributed by atoms with Crippen molar-refractivity contribution in [2.75, 3.05) is 0 Å². The van der Waals surface area contributed by atoms with Crippen LogP contribution in [0.25, 0.3) is 0 Å². The predicted molar refractivity (Wildman–Crippen MR) is 51.5 cm³/mol. The Labute approximate surface area is 73.7 Å². The molecule has 0 aromatic rings. The molecule has 0 aliphatic heterocycles. The van der Waals surface area contributed by atoms with Crippen LogP contribution in [0.3, 0.4) is 0 Å². The molecule has 0 aliphatic rings. The van der Waals surface area contributed by atoms with Crippen LogP contribution in [0.4, 0.5) is 0 Å². The highest BCUT2D eigenvalue weighted by atomic mass is 16.1. The minimum atomic E-state index is -0.0520. The Balaban J connectivity index is 4.32. The normalized spacial score (nSPS) is 12.8. The zero-order valence-electron chi connectivity index (χ0n) is 7.79. The average molecular weight is 165 g/mol. The van der Waals surface area contributed by atoms with Crippen LogP contribution < -0.4 is 5.32 Å². The fourth-order valence-electron chi connectivity index (χ4n) is 0.722. The summed E-state index contributed by atoms with van der Waals surface area (Å²) >= 11 is 0. The van der Waals surface area contributed by atoms with Crippen LogP contribution in [-0.4, -0.2) is 5.91 Å². The summed E-state index contributed by atoms with van der Waals surface area (Å²) in [6.45, 7) is 5.33. The van der Waals surface area contributed by atoms with E-state index in [-0.39, 0.29) is 5.91 Å². The molecule has 1 amide bonds.